The summed E-state index contributed by atoms with van der Waals surface area (Å²) in [6.45, 7) is 14.7. The van der Waals surface area contributed by atoms with E-state index in [2.05, 4.69) is 65.1 Å². The predicted molar refractivity (Wildman–Crippen MR) is 79.1 cm³/mol. The quantitative estimate of drug-likeness (QED) is 0.849. The van der Waals surface area contributed by atoms with Crippen molar-refractivity contribution in [2.75, 3.05) is 6.54 Å². The molecule has 18 heavy (non-hydrogen) atoms. The fraction of sp³-hybridized carbons (Fsp3) is 0.647. The SMILES string of the molecule is Cc1cc(C)cc(C2(C)CC2CNC(C)(C)C)c1. The Balaban J connectivity index is 2.06. The first-order valence-electron chi connectivity index (χ1n) is 7.04. The van der Waals surface area contributed by atoms with Gasteiger partial charge in [0.2, 0.25) is 0 Å². The molecule has 1 aromatic carbocycles. The number of aryl methyl sites for hydroxylation is 2. The van der Waals surface area contributed by atoms with Crippen LogP contribution in [0.4, 0.5) is 0 Å². The lowest BCUT2D eigenvalue weighted by molar-refractivity contribution is 0.406. The summed E-state index contributed by atoms with van der Waals surface area (Å²) >= 11 is 0. The number of nitrogens with one attached hydrogen (secondary N) is 1. The summed E-state index contributed by atoms with van der Waals surface area (Å²) < 4.78 is 0. The van der Waals surface area contributed by atoms with Crippen LogP contribution in [0.2, 0.25) is 0 Å². The largest absolute Gasteiger partial charge is 0.312 e. The van der Waals surface area contributed by atoms with Crippen LogP contribution in [0.15, 0.2) is 18.2 Å². The van der Waals surface area contributed by atoms with E-state index in [4.69, 9.17) is 0 Å². The van der Waals surface area contributed by atoms with Crippen molar-refractivity contribution in [1.82, 2.24) is 5.32 Å². The van der Waals surface area contributed by atoms with Crippen LogP contribution in [0, 0.1) is 19.8 Å². The first-order valence-corrected chi connectivity index (χ1v) is 7.04. The maximum Gasteiger partial charge on any atom is 0.00966 e. The molecule has 1 aliphatic rings. The molecule has 0 aromatic heterocycles. The van der Waals surface area contributed by atoms with Crippen LogP contribution in [-0.4, -0.2) is 12.1 Å². The minimum absolute atomic E-state index is 0.228. The highest BCUT2D eigenvalue weighted by Gasteiger charge is 2.50. The summed E-state index contributed by atoms with van der Waals surface area (Å²) in [5, 5.41) is 3.64. The summed E-state index contributed by atoms with van der Waals surface area (Å²) in [4.78, 5) is 0. The van der Waals surface area contributed by atoms with E-state index in [0.29, 0.717) is 5.41 Å². The van der Waals surface area contributed by atoms with Crippen LogP contribution in [0.3, 0.4) is 0 Å². The van der Waals surface area contributed by atoms with Crippen LogP contribution >= 0.6 is 0 Å². The summed E-state index contributed by atoms with van der Waals surface area (Å²) in [6.07, 6.45) is 1.32. The summed E-state index contributed by atoms with van der Waals surface area (Å²) in [6, 6.07) is 6.99. The first kappa shape index (κ1) is 13.6. The van der Waals surface area contributed by atoms with Crippen molar-refractivity contribution >= 4 is 0 Å². The number of hydrogen-bond donors (Lipinski definition) is 1. The summed E-state index contributed by atoms with van der Waals surface area (Å²) in [5.74, 6) is 0.790. The summed E-state index contributed by atoms with van der Waals surface area (Å²) in [7, 11) is 0. The third-order valence-corrected chi connectivity index (χ3v) is 4.17. The number of benzene rings is 1. The van der Waals surface area contributed by atoms with Gasteiger partial charge in [0.1, 0.15) is 0 Å². The molecule has 1 heteroatoms. The Bertz CT molecular complexity index is 421. The third-order valence-electron chi connectivity index (χ3n) is 4.17. The Morgan fingerprint density at radius 3 is 2.22 bits per heavy atom. The third kappa shape index (κ3) is 2.95. The van der Waals surface area contributed by atoms with E-state index < -0.39 is 0 Å². The van der Waals surface area contributed by atoms with Gasteiger partial charge in [-0.05, 0) is 64.5 Å². The molecule has 0 heterocycles. The molecule has 0 spiro atoms. The van der Waals surface area contributed by atoms with Crippen molar-refractivity contribution in [2.24, 2.45) is 5.92 Å². The number of rotatable bonds is 3. The van der Waals surface area contributed by atoms with Gasteiger partial charge < -0.3 is 5.32 Å². The van der Waals surface area contributed by atoms with Crippen molar-refractivity contribution in [3.63, 3.8) is 0 Å². The molecule has 1 nitrogen and oxygen atoms in total. The highest BCUT2D eigenvalue weighted by Crippen LogP contribution is 2.53. The molecule has 1 aliphatic carbocycles. The second kappa shape index (κ2) is 4.38. The van der Waals surface area contributed by atoms with Crippen LogP contribution in [0.25, 0.3) is 0 Å². The predicted octanol–water partition coefficient (Wildman–Crippen LogP) is 3.97. The van der Waals surface area contributed by atoms with Gasteiger partial charge in [-0.2, -0.15) is 0 Å². The molecular weight excluding hydrogens is 218 g/mol. The monoisotopic (exact) mass is 245 g/mol. The van der Waals surface area contributed by atoms with E-state index in [1.54, 1.807) is 0 Å². The Kier molecular flexibility index (Phi) is 3.31. The van der Waals surface area contributed by atoms with E-state index >= 15 is 0 Å². The van der Waals surface area contributed by atoms with E-state index in [1.807, 2.05) is 0 Å². The minimum Gasteiger partial charge on any atom is -0.312 e. The van der Waals surface area contributed by atoms with Gasteiger partial charge in [-0.25, -0.2) is 0 Å². The van der Waals surface area contributed by atoms with Gasteiger partial charge in [-0.1, -0.05) is 36.2 Å². The van der Waals surface area contributed by atoms with E-state index in [0.717, 1.165) is 12.5 Å². The molecule has 1 N–H and O–H groups in total. The molecule has 1 aromatic rings. The fourth-order valence-corrected chi connectivity index (χ4v) is 2.84. The first-order chi connectivity index (χ1) is 8.21. The molecule has 0 radical (unpaired) electrons. The molecule has 0 saturated heterocycles. The zero-order valence-electron chi connectivity index (χ0n) is 12.7. The van der Waals surface area contributed by atoms with Crippen LogP contribution in [-0.2, 0) is 5.41 Å². The van der Waals surface area contributed by atoms with E-state index in [9.17, 15) is 0 Å². The molecule has 0 amide bonds. The average Bonchev–Trinajstić information content (AvgIpc) is 2.86. The van der Waals surface area contributed by atoms with Crippen molar-refractivity contribution in [3.05, 3.63) is 34.9 Å². The average molecular weight is 245 g/mol. The van der Waals surface area contributed by atoms with E-state index in [-0.39, 0.29) is 5.54 Å². The fourth-order valence-electron chi connectivity index (χ4n) is 2.84. The molecule has 2 rings (SSSR count). The van der Waals surface area contributed by atoms with Gasteiger partial charge in [0.05, 0.1) is 0 Å². The second-order valence-corrected chi connectivity index (χ2v) is 7.33. The molecule has 1 saturated carbocycles. The smallest absolute Gasteiger partial charge is 0.00966 e. The molecule has 0 aliphatic heterocycles. The van der Waals surface area contributed by atoms with Crippen LogP contribution in [0.1, 0.15) is 50.8 Å². The van der Waals surface area contributed by atoms with Gasteiger partial charge in [0.25, 0.3) is 0 Å². The van der Waals surface area contributed by atoms with Gasteiger partial charge in [0.15, 0.2) is 0 Å². The molecule has 0 bridgehead atoms. The molecular formula is C17H27N. The standard InChI is InChI=1S/C17H27N/c1-12-7-13(2)9-14(8-12)17(6)10-15(17)11-18-16(3,4)5/h7-9,15,18H,10-11H2,1-6H3. The maximum atomic E-state index is 3.64. The molecule has 1 fully saturated rings. The van der Waals surface area contributed by atoms with Crippen LogP contribution in [0.5, 0.6) is 0 Å². The van der Waals surface area contributed by atoms with Gasteiger partial charge in [-0.15, -0.1) is 0 Å². The van der Waals surface area contributed by atoms with E-state index in [1.165, 1.54) is 23.1 Å². The molecule has 2 atom stereocenters. The zero-order chi connectivity index (χ0) is 13.6. The highest BCUT2D eigenvalue weighted by atomic mass is 15.0. The Labute approximate surface area is 112 Å². The molecule has 100 valence electrons. The Morgan fingerprint density at radius 1 is 1.17 bits per heavy atom. The Morgan fingerprint density at radius 2 is 1.72 bits per heavy atom. The lowest BCUT2D eigenvalue weighted by Crippen LogP contribution is -2.37. The normalized spacial score (nSPS) is 27.3. The highest BCUT2D eigenvalue weighted by molar-refractivity contribution is 5.38. The topological polar surface area (TPSA) is 12.0 Å². The van der Waals surface area contributed by atoms with Crippen molar-refractivity contribution < 1.29 is 0 Å². The lowest BCUT2D eigenvalue weighted by atomic mass is 9.92. The molecule has 2 unspecified atom stereocenters. The maximum absolute atomic E-state index is 3.64. The van der Waals surface area contributed by atoms with Gasteiger partial charge >= 0.3 is 0 Å². The second-order valence-electron chi connectivity index (χ2n) is 7.33. The number of hydrogen-bond acceptors (Lipinski definition) is 1. The van der Waals surface area contributed by atoms with Gasteiger partial charge in [0, 0.05) is 5.54 Å². The van der Waals surface area contributed by atoms with Crippen molar-refractivity contribution in [2.45, 2.75) is 58.9 Å². The Hall–Kier alpha value is -0.820. The van der Waals surface area contributed by atoms with Gasteiger partial charge in [-0.3, -0.25) is 0 Å². The summed E-state index contributed by atoms with van der Waals surface area (Å²) in [5.41, 5.74) is 4.93. The van der Waals surface area contributed by atoms with Crippen LogP contribution < -0.4 is 5.32 Å². The van der Waals surface area contributed by atoms with Crippen molar-refractivity contribution in [1.29, 1.82) is 0 Å². The lowest BCUT2D eigenvalue weighted by Gasteiger charge is -2.22. The zero-order valence-corrected chi connectivity index (χ0v) is 12.7. The van der Waals surface area contributed by atoms with Crippen molar-refractivity contribution in [3.8, 4) is 0 Å². The minimum atomic E-state index is 0.228.